The average molecular weight is 293 g/mol. The molecular weight excluding hydrogens is 274 g/mol. The number of rotatable bonds is 7. The summed E-state index contributed by atoms with van der Waals surface area (Å²) in [6, 6.07) is 6.05. The van der Waals surface area contributed by atoms with Gasteiger partial charge in [0.25, 0.3) is 0 Å². The highest BCUT2D eigenvalue weighted by Crippen LogP contribution is 2.33. The third kappa shape index (κ3) is 3.26. The molecule has 0 radical (unpaired) electrons. The molecule has 1 heterocycles. The topological polar surface area (TPSA) is 56.3 Å². The van der Waals surface area contributed by atoms with Gasteiger partial charge in [-0.25, -0.2) is 0 Å². The summed E-state index contributed by atoms with van der Waals surface area (Å²) in [5.74, 6) is 1.54. The Labute approximate surface area is 123 Å². The van der Waals surface area contributed by atoms with Crippen LogP contribution in [0.15, 0.2) is 24.4 Å². The van der Waals surface area contributed by atoms with Gasteiger partial charge in [-0.3, -0.25) is 0 Å². The molecule has 0 bridgehead atoms. The number of hydrogen-bond acceptors (Lipinski definition) is 6. The van der Waals surface area contributed by atoms with Crippen LogP contribution in [0.1, 0.15) is 30.3 Å². The van der Waals surface area contributed by atoms with Gasteiger partial charge in [-0.1, -0.05) is 10.6 Å². The van der Waals surface area contributed by atoms with Gasteiger partial charge >= 0.3 is 0 Å². The smallest absolute Gasteiger partial charge is 0.161 e. The van der Waals surface area contributed by atoms with Crippen molar-refractivity contribution in [2.45, 2.75) is 19.9 Å². The van der Waals surface area contributed by atoms with Crippen molar-refractivity contribution < 1.29 is 9.47 Å². The van der Waals surface area contributed by atoms with E-state index in [4.69, 9.17) is 9.47 Å². The normalized spacial score (nSPS) is 12.2. The zero-order valence-electron chi connectivity index (χ0n) is 11.9. The molecule has 1 atom stereocenters. The zero-order chi connectivity index (χ0) is 14.4. The predicted molar refractivity (Wildman–Crippen MR) is 79.6 cm³/mol. The van der Waals surface area contributed by atoms with Crippen molar-refractivity contribution in [3.63, 3.8) is 0 Å². The third-order valence-corrected chi connectivity index (χ3v) is 3.58. The highest BCUT2D eigenvalue weighted by atomic mass is 32.1. The van der Waals surface area contributed by atoms with Crippen LogP contribution >= 0.6 is 11.5 Å². The Balaban J connectivity index is 2.33. The fraction of sp³-hybridized carbons (Fsp3) is 0.429. The number of aromatic nitrogens is 2. The minimum atomic E-state index is 0.0601. The van der Waals surface area contributed by atoms with Crippen molar-refractivity contribution in [2.24, 2.45) is 0 Å². The maximum absolute atomic E-state index is 5.66. The number of ether oxygens (including phenoxy) is 2. The highest BCUT2D eigenvalue weighted by molar-refractivity contribution is 7.05. The van der Waals surface area contributed by atoms with Gasteiger partial charge in [0, 0.05) is 0 Å². The molecule has 0 saturated carbocycles. The maximum atomic E-state index is 5.66. The van der Waals surface area contributed by atoms with Gasteiger partial charge < -0.3 is 14.8 Å². The Hall–Kier alpha value is -1.66. The molecule has 1 aromatic heterocycles. The molecule has 0 aliphatic rings. The van der Waals surface area contributed by atoms with Crippen LogP contribution < -0.4 is 14.8 Å². The molecule has 5 nitrogen and oxygen atoms in total. The lowest BCUT2D eigenvalue weighted by Gasteiger charge is -2.17. The number of hydrogen-bond donors (Lipinski definition) is 1. The van der Waals surface area contributed by atoms with Gasteiger partial charge in [0.1, 0.15) is 0 Å². The summed E-state index contributed by atoms with van der Waals surface area (Å²) in [6.45, 7) is 5.15. The van der Waals surface area contributed by atoms with Gasteiger partial charge in [0.05, 0.1) is 30.3 Å². The van der Waals surface area contributed by atoms with Crippen LogP contribution in [0, 0.1) is 0 Å². The van der Waals surface area contributed by atoms with Crippen molar-refractivity contribution in [3.05, 3.63) is 34.8 Å². The minimum Gasteiger partial charge on any atom is -0.490 e. The Kier molecular flexibility index (Phi) is 5.31. The SMILES string of the molecule is CCOc1ccc(C(NC)c2cnns2)cc1OCC. The fourth-order valence-electron chi connectivity index (χ4n) is 2.02. The van der Waals surface area contributed by atoms with E-state index in [0.29, 0.717) is 13.2 Å². The maximum Gasteiger partial charge on any atom is 0.161 e. The largest absolute Gasteiger partial charge is 0.490 e. The van der Waals surface area contributed by atoms with E-state index in [0.717, 1.165) is 21.9 Å². The Bertz CT molecular complexity index is 531. The molecule has 20 heavy (non-hydrogen) atoms. The molecule has 0 amide bonds. The minimum absolute atomic E-state index is 0.0601. The van der Waals surface area contributed by atoms with Crippen LogP contribution in [0.3, 0.4) is 0 Å². The molecule has 0 aliphatic heterocycles. The second-order valence-corrected chi connectivity index (χ2v) is 4.93. The quantitative estimate of drug-likeness (QED) is 0.850. The molecule has 2 rings (SSSR count). The molecule has 108 valence electrons. The van der Waals surface area contributed by atoms with E-state index < -0.39 is 0 Å². The van der Waals surface area contributed by atoms with Crippen LogP contribution in [0.2, 0.25) is 0 Å². The van der Waals surface area contributed by atoms with Gasteiger partial charge in [-0.2, -0.15) is 0 Å². The first-order valence-corrected chi connectivity index (χ1v) is 7.41. The Morgan fingerprint density at radius 3 is 2.55 bits per heavy atom. The first-order chi connectivity index (χ1) is 9.80. The molecule has 1 N–H and O–H groups in total. The molecular formula is C14H19N3O2S. The van der Waals surface area contributed by atoms with Crippen LogP contribution in [-0.4, -0.2) is 29.8 Å². The van der Waals surface area contributed by atoms with E-state index >= 15 is 0 Å². The summed E-state index contributed by atoms with van der Waals surface area (Å²) in [5, 5.41) is 7.17. The highest BCUT2D eigenvalue weighted by Gasteiger charge is 2.17. The van der Waals surface area contributed by atoms with Gasteiger partial charge in [-0.05, 0) is 50.1 Å². The molecule has 0 aliphatic carbocycles. The van der Waals surface area contributed by atoms with Crippen LogP contribution in [0.5, 0.6) is 11.5 Å². The fourth-order valence-corrected chi connectivity index (χ4v) is 2.66. The molecule has 1 aromatic carbocycles. The van der Waals surface area contributed by atoms with Gasteiger partial charge in [-0.15, -0.1) is 5.10 Å². The van der Waals surface area contributed by atoms with Gasteiger partial charge in [0.2, 0.25) is 0 Å². The number of nitrogens with zero attached hydrogens (tertiary/aromatic N) is 2. The van der Waals surface area contributed by atoms with Crippen molar-refractivity contribution in [1.82, 2.24) is 14.9 Å². The summed E-state index contributed by atoms with van der Waals surface area (Å²) in [4.78, 5) is 1.07. The summed E-state index contributed by atoms with van der Waals surface area (Å²) >= 11 is 1.39. The average Bonchev–Trinajstić information content (AvgIpc) is 2.97. The van der Waals surface area contributed by atoms with Crippen LogP contribution in [-0.2, 0) is 0 Å². The summed E-state index contributed by atoms with van der Waals surface area (Å²) in [6.07, 6.45) is 1.78. The van der Waals surface area contributed by atoms with Crippen molar-refractivity contribution in [1.29, 1.82) is 0 Å². The third-order valence-electron chi connectivity index (χ3n) is 2.85. The van der Waals surface area contributed by atoms with E-state index in [1.54, 1.807) is 6.20 Å². The summed E-state index contributed by atoms with van der Waals surface area (Å²) < 4.78 is 15.2. The summed E-state index contributed by atoms with van der Waals surface area (Å²) in [5.41, 5.74) is 1.10. The molecule has 0 spiro atoms. The van der Waals surface area contributed by atoms with E-state index in [-0.39, 0.29) is 6.04 Å². The van der Waals surface area contributed by atoms with E-state index in [9.17, 15) is 0 Å². The second kappa shape index (κ2) is 7.21. The number of benzene rings is 1. The van der Waals surface area contributed by atoms with E-state index in [1.807, 2.05) is 39.1 Å². The molecule has 0 saturated heterocycles. The molecule has 2 aromatic rings. The molecule has 6 heteroatoms. The number of nitrogens with one attached hydrogen (secondary N) is 1. The lowest BCUT2D eigenvalue weighted by molar-refractivity contribution is 0.287. The van der Waals surface area contributed by atoms with E-state index in [1.165, 1.54) is 11.5 Å². The zero-order valence-corrected chi connectivity index (χ0v) is 12.7. The standard InChI is InChI=1S/C14H19N3O2S/c1-4-18-11-7-6-10(8-12(11)19-5-2)14(15-3)13-9-16-17-20-13/h6-9,14-15H,4-5H2,1-3H3. The van der Waals surface area contributed by atoms with Crippen LogP contribution in [0.25, 0.3) is 0 Å². The van der Waals surface area contributed by atoms with Crippen molar-refractivity contribution >= 4 is 11.5 Å². The molecule has 0 fully saturated rings. The van der Waals surface area contributed by atoms with Gasteiger partial charge in [0.15, 0.2) is 11.5 Å². The molecule has 1 unspecified atom stereocenters. The predicted octanol–water partition coefficient (Wildman–Crippen LogP) is 2.64. The Morgan fingerprint density at radius 1 is 1.20 bits per heavy atom. The Morgan fingerprint density at radius 2 is 1.95 bits per heavy atom. The first-order valence-electron chi connectivity index (χ1n) is 6.64. The van der Waals surface area contributed by atoms with Crippen LogP contribution in [0.4, 0.5) is 0 Å². The monoisotopic (exact) mass is 293 g/mol. The summed E-state index contributed by atoms with van der Waals surface area (Å²) in [7, 11) is 1.92. The van der Waals surface area contributed by atoms with Crippen molar-refractivity contribution in [2.75, 3.05) is 20.3 Å². The lowest BCUT2D eigenvalue weighted by Crippen LogP contribution is -2.16. The second-order valence-electron chi connectivity index (χ2n) is 4.11. The van der Waals surface area contributed by atoms with E-state index in [2.05, 4.69) is 14.9 Å². The lowest BCUT2D eigenvalue weighted by atomic mass is 10.1. The van der Waals surface area contributed by atoms with Crippen molar-refractivity contribution in [3.8, 4) is 11.5 Å². The first kappa shape index (κ1) is 14.7.